The Labute approximate surface area is 196 Å². The summed E-state index contributed by atoms with van der Waals surface area (Å²) in [5.41, 5.74) is 1.51. The van der Waals surface area contributed by atoms with Crippen LogP contribution >= 0.6 is 0 Å². The number of piperidine rings is 1. The van der Waals surface area contributed by atoms with Crippen LogP contribution in [0.4, 0.5) is 13.2 Å². The number of aromatic nitrogens is 3. The minimum absolute atomic E-state index is 0.0482. The number of carbonyl (C=O) groups is 1. The SMILES string of the molecule is C[C@@H]1CCC[C@@H]2CCCN(C(=O)c3cc4nc5c(c(C(F)(F)F)n4n3)CCc3ccccc3-5)[C@H]21. The lowest BCUT2D eigenvalue weighted by Crippen LogP contribution is -2.53. The van der Waals surface area contributed by atoms with E-state index in [2.05, 4.69) is 17.0 Å². The first-order valence-corrected chi connectivity index (χ1v) is 12.2. The molecule has 178 valence electrons. The Morgan fingerprint density at radius 1 is 1.09 bits per heavy atom. The summed E-state index contributed by atoms with van der Waals surface area (Å²) < 4.78 is 43.9. The van der Waals surface area contributed by atoms with Crippen LogP contribution < -0.4 is 0 Å². The number of fused-ring (bicyclic) bond motifs is 5. The number of aryl methyl sites for hydroxylation is 1. The van der Waals surface area contributed by atoms with Gasteiger partial charge in [-0.1, -0.05) is 37.6 Å². The molecule has 1 saturated heterocycles. The Kier molecular flexibility index (Phi) is 4.97. The van der Waals surface area contributed by atoms with Crippen molar-refractivity contribution < 1.29 is 18.0 Å². The molecule has 3 aromatic rings. The van der Waals surface area contributed by atoms with Gasteiger partial charge in [0.2, 0.25) is 0 Å². The summed E-state index contributed by atoms with van der Waals surface area (Å²) in [7, 11) is 0. The molecule has 0 spiro atoms. The predicted molar refractivity (Wildman–Crippen MR) is 121 cm³/mol. The molecular weight excluding hydrogens is 441 g/mol. The Hall–Kier alpha value is -2.90. The Morgan fingerprint density at radius 3 is 2.71 bits per heavy atom. The van der Waals surface area contributed by atoms with E-state index in [9.17, 15) is 18.0 Å². The molecule has 2 fully saturated rings. The molecule has 34 heavy (non-hydrogen) atoms. The van der Waals surface area contributed by atoms with E-state index in [0.717, 1.165) is 41.3 Å². The molecule has 2 aromatic heterocycles. The van der Waals surface area contributed by atoms with Gasteiger partial charge in [0, 0.05) is 29.8 Å². The number of hydrogen-bond donors (Lipinski definition) is 0. The van der Waals surface area contributed by atoms with Crippen molar-refractivity contribution in [2.24, 2.45) is 11.8 Å². The molecule has 1 aromatic carbocycles. The average Bonchev–Trinajstić information content (AvgIpc) is 3.24. The maximum atomic E-state index is 14.3. The van der Waals surface area contributed by atoms with Crippen LogP contribution in [0.15, 0.2) is 30.3 Å². The molecule has 1 saturated carbocycles. The van der Waals surface area contributed by atoms with Crippen LogP contribution in [-0.4, -0.2) is 38.0 Å². The van der Waals surface area contributed by atoms with Crippen molar-refractivity contribution in [2.45, 2.75) is 64.1 Å². The first kappa shape index (κ1) is 21.6. The molecule has 6 rings (SSSR count). The summed E-state index contributed by atoms with van der Waals surface area (Å²) in [4.78, 5) is 20.1. The normalized spacial score (nSPS) is 24.5. The molecular formula is C26H27F3N4O. The lowest BCUT2D eigenvalue weighted by Gasteiger charge is -2.47. The second-order valence-corrected chi connectivity index (χ2v) is 10.0. The van der Waals surface area contributed by atoms with E-state index in [1.165, 1.54) is 12.5 Å². The number of alkyl halides is 3. The number of nitrogens with zero attached hydrogens (tertiary/aromatic N) is 4. The zero-order chi connectivity index (χ0) is 23.6. The standard InChI is InChI=1S/C26H27F3N4O/c1-15-6-4-8-17-9-5-13-32(23(15)17)25(34)20-14-21-30-22-18-10-3-2-7-16(18)11-12-19(22)24(26(27,28)29)33(21)31-20/h2-3,7,10,14-15,17,23H,4-6,8-9,11-13H2,1H3/t15-,17-,23+/m1/s1. The number of halogens is 3. The van der Waals surface area contributed by atoms with Crippen LogP contribution in [-0.2, 0) is 19.0 Å². The highest BCUT2D eigenvalue weighted by Gasteiger charge is 2.42. The molecule has 8 heteroatoms. The summed E-state index contributed by atoms with van der Waals surface area (Å²) in [6, 6.07) is 9.03. The quantitative estimate of drug-likeness (QED) is 0.470. The molecule has 3 aliphatic rings. The van der Waals surface area contributed by atoms with Gasteiger partial charge in [-0.3, -0.25) is 4.79 Å². The molecule has 1 aliphatic heterocycles. The minimum atomic E-state index is -4.61. The van der Waals surface area contributed by atoms with Gasteiger partial charge >= 0.3 is 6.18 Å². The highest BCUT2D eigenvalue weighted by Crippen LogP contribution is 2.42. The number of benzene rings is 1. The molecule has 3 heterocycles. The molecule has 0 bridgehead atoms. The third kappa shape index (κ3) is 3.33. The van der Waals surface area contributed by atoms with Crippen molar-refractivity contribution in [3.63, 3.8) is 0 Å². The third-order valence-corrected chi connectivity index (χ3v) is 8.00. The van der Waals surface area contributed by atoms with Gasteiger partial charge < -0.3 is 4.90 Å². The van der Waals surface area contributed by atoms with E-state index >= 15 is 0 Å². The Balaban J connectivity index is 1.48. The summed E-state index contributed by atoms with van der Waals surface area (Å²) in [6.07, 6.45) is 1.52. The Morgan fingerprint density at radius 2 is 1.88 bits per heavy atom. The van der Waals surface area contributed by atoms with Crippen molar-refractivity contribution in [3.8, 4) is 11.3 Å². The molecule has 1 amide bonds. The average molecular weight is 469 g/mol. The van der Waals surface area contributed by atoms with E-state index in [0.29, 0.717) is 30.5 Å². The third-order valence-electron chi connectivity index (χ3n) is 8.00. The lowest BCUT2D eigenvalue weighted by atomic mass is 9.73. The van der Waals surface area contributed by atoms with Crippen molar-refractivity contribution in [1.29, 1.82) is 0 Å². The first-order chi connectivity index (χ1) is 16.3. The van der Waals surface area contributed by atoms with Crippen molar-refractivity contribution in [1.82, 2.24) is 19.5 Å². The zero-order valence-corrected chi connectivity index (χ0v) is 19.1. The summed E-state index contributed by atoms with van der Waals surface area (Å²) in [6.45, 7) is 2.81. The van der Waals surface area contributed by atoms with Gasteiger partial charge in [0.05, 0.1) is 5.69 Å². The highest BCUT2D eigenvalue weighted by molar-refractivity contribution is 5.94. The Bertz CT molecular complexity index is 1280. The number of carbonyl (C=O) groups excluding carboxylic acids is 1. The monoisotopic (exact) mass is 468 g/mol. The lowest BCUT2D eigenvalue weighted by molar-refractivity contribution is -0.143. The second kappa shape index (κ2) is 7.82. The van der Waals surface area contributed by atoms with Gasteiger partial charge in [0.1, 0.15) is 0 Å². The first-order valence-electron chi connectivity index (χ1n) is 12.2. The van der Waals surface area contributed by atoms with Gasteiger partial charge in [-0.2, -0.15) is 18.3 Å². The predicted octanol–water partition coefficient (Wildman–Crippen LogP) is 5.55. The van der Waals surface area contributed by atoms with E-state index in [1.807, 2.05) is 29.2 Å². The van der Waals surface area contributed by atoms with Gasteiger partial charge in [-0.15, -0.1) is 0 Å². The molecule has 2 aliphatic carbocycles. The van der Waals surface area contributed by atoms with Crippen LogP contribution in [0.25, 0.3) is 16.9 Å². The summed E-state index contributed by atoms with van der Waals surface area (Å²) in [5.74, 6) is 0.569. The molecule has 0 unspecified atom stereocenters. The number of amides is 1. The molecule has 5 nitrogen and oxygen atoms in total. The maximum Gasteiger partial charge on any atom is 0.433 e. The second-order valence-electron chi connectivity index (χ2n) is 10.0. The highest BCUT2D eigenvalue weighted by atomic mass is 19.4. The van der Waals surface area contributed by atoms with Crippen LogP contribution in [0.1, 0.15) is 66.3 Å². The van der Waals surface area contributed by atoms with Crippen LogP contribution in [0.2, 0.25) is 0 Å². The maximum absolute atomic E-state index is 14.3. The largest absolute Gasteiger partial charge is 0.433 e. The summed E-state index contributed by atoms with van der Waals surface area (Å²) in [5, 5.41) is 4.22. The zero-order valence-electron chi connectivity index (χ0n) is 19.1. The number of rotatable bonds is 1. The van der Waals surface area contributed by atoms with Crippen molar-refractivity contribution >= 4 is 11.6 Å². The van der Waals surface area contributed by atoms with Crippen LogP contribution in [0, 0.1) is 11.8 Å². The van der Waals surface area contributed by atoms with Crippen LogP contribution in [0.3, 0.4) is 0 Å². The number of likely N-dealkylation sites (tertiary alicyclic amines) is 1. The fourth-order valence-corrected chi connectivity index (χ4v) is 6.56. The van der Waals surface area contributed by atoms with E-state index in [1.54, 1.807) is 0 Å². The molecule has 0 radical (unpaired) electrons. The fraction of sp³-hybridized carbons (Fsp3) is 0.500. The van der Waals surface area contributed by atoms with Crippen molar-refractivity contribution in [2.75, 3.05) is 6.54 Å². The van der Waals surface area contributed by atoms with E-state index in [4.69, 9.17) is 0 Å². The van der Waals surface area contributed by atoms with E-state index in [-0.39, 0.29) is 35.3 Å². The smallest absolute Gasteiger partial charge is 0.334 e. The minimum Gasteiger partial charge on any atom is -0.334 e. The molecule has 3 atom stereocenters. The summed E-state index contributed by atoms with van der Waals surface area (Å²) >= 11 is 0. The topological polar surface area (TPSA) is 50.5 Å². The molecule has 0 N–H and O–H groups in total. The van der Waals surface area contributed by atoms with Crippen LogP contribution in [0.5, 0.6) is 0 Å². The number of hydrogen-bond acceptors (Lipinski definition) is 3. The van der Waals surface area contributed by atoms with Crippen molar-refractivity contribution in [3.05, 3.63) is 52.8 Å². The van der Waals surface area contributed by atoms with Gasteiger partial charge in [0.25, 0.3) is 5.91 Å². The fourth-order valence-electron chi connectivity index (χ4n) is 6.56. The van der Waals surface area contributed by atoms with Gasteiger partial charge in [-0.25, -0.2) is 9.50 Å². The van der Waals surface area contributed by atoms with E-state index < -0.39 is 11.9 Å². The van der Waals surface area contributed by atoms with Gasteiger partial charge in [-0.05, 0) is 55.9 Å². The van der Waals surface area contributed by atoms with Gasteiger partial charge in [0.15, 0.2) is 17.0 Å².